The highest BCUT2D eigenvalue weighted by Crippen LogP contribution is 2.39. The van der Waals surface area contributed by atoms with Crippen LogP contribution in [0, 0.1) is 0 Å². The van der Waals surface area contributed by atoms with Crippen LogP contribution in [0.5, 0.6) is 0 Å². The smallest absolute Gasteiger partial charge is 0.319 e. The number of rotatable bonds is 5. The summed E-state index contributed by atoms with van der Waals surface area (Å²) in [5.41, 5.74) is 4.30. The van der Waals surface area contributed by atoms with E-state index >= 15 is 0 Å². The van der Waals surface area contributed by atoms with Gasteiger partial charge in [0.25, 0.3) is 0 Å². The van der Waals surface area contributed by atoms with Crippen LogP contribution in [0.1, 0.15) is 30.4 Å². The van der Waals surface area contributed by atoms with Crippen molar-refractivity contribution in [1.29, 1.82) is 0 Å². The van der Waals surface area contributed by atoms with Crippen molar-refractivity contribution in [3.05, 3.63) is 53.6 Å². The molecule has 0 atom stereocenters. The largest absolute Gasteiger partial charge is 0.337 e. The van der Waals surface area contributed by atoms with Gasteiger partial charge in [0, 0.05) is 40.1 Å². The Balaban J connectivity index is 1.31. The second-order valence-electron chi connectivity index (χ2n) is 7.99. The first-order chi connectivity index (χ1) is 14.8. The van der Waals surface area contributed by atoms with Crippen LogP contribution in [-0.4, -0.2) is 43.3 Å². The third-order valence-electron chi connectivity index (χ3n) is 5.88. The molecule has 0 radical (unpaired) electrons. The number of aliphatic imine (C=N–C) groups is 1. The van der Waals surface area contributed by atoms with Gasteiger partial charge in [-0.15, -0.1) is 11.3 Å². The fourth-order valence-electron chi connectivity index (χ4n) is 4.31. The average Bonchev–Trinajstić information content (AvgIpc) is 3.40. The summed E-state index contributed by atoms with van der Waals surface area (Å²) < 4.78 is 1.27. The normalized spacial score (nSPS) is 16.0. The molecule has 154 valence electrons. The Morgan fingerprint density at radius 3 is 2.83 bits per heavy atom. The molecule has 2 N–H and O–H groups in total. The Morgan fingerprint density at radius 2 is 1.97 bits per heavy atom. The van der Waals surface area contributed by atoms with Crippen LogP contribution in [0.3, 0.4) is 0 Å². The maximum atomic E-state index is 12.5. The molecular formula is C24H26N4OS. The van der Waals surface area contributed by atoms with Gasteiger partial charge in [-0.05, 0) is 66.7 Å². The Hall–Kier alpha value is -2.70. The molecule has 0 unspecified atom stereocenters. The minimum atomic E-state index is -0.149. The van der Waals surface area contributed by atoms with Gasteiger partial charge in [0.2, 0.25) is 0 Å². The van der Waals surface area contributed by atoms with Crippen LogP contribution < -0.4 is 10.6 Å². The molecule has 2 aliphatic rings. The average molecular weight is 419 g/mol. The van der Waals surface area contributed by atoms with Gasteiger partial charge in [-0.2, -0.15) is 0 Å². The van der Waals surface area contributed by atoms with Crippen molar-refractivity contribution >= 4 is 39.4 Å². The molecule has 2 aromatic carbocycles. The summed E-state index contributed by atoms with van der Waals surface area (Å²) in [5.74, 6) is 0. The maximum Gasteiger partial charge on any atom is 0.319 e. The van der Waals surface area contributed by atoms with E-state index in [1.54, 1.807) is 11.3 Å². The molecular weight excluding hydrogens is 392 g/mol. The number of likely N-dealkylation sites (tertiary alicyclic amines) is 1. The number of urea groups is 1. The van der Waals surface area contributed by atoms with E-state index in [9.17, 15) is 4.79 Å². The molecule has 2 amide bonds. The highest BCUT2D eigenvalue weighted by molar-refractivity contribution is 7.22. The van der Waals surface area contributed by atoms with Gasteiger partial charge in [-0.3, -0.25) is 4.99 Å². The van der Waals surface area contributed by atoms with E-state index in [2.05, 4.69) is 56.9 Å². The standard InChI is InChI=1S/C24H26N4OS/c29-24(26-8-11-28-9-4-1-5-10-28)27-19-12-18-15-25-16-21(18)20(14-19)23-13-17-6-2-3-7-22(17)30-23/h2-3,6-7,12-15H,1,4-5,8-11,16H2,(H2,26,27,29). The molecule has 2 aliphatic heterocycles. The summed E-state index contributed by atoms with van der Waals surface area (Å²) in [5, 5.41) is 7.28. The van der Waals surface area contributed by atoms with Crippen LogP contribution in [0.25, 0.3) is 20.5 Å². The van der Waals surface area contributed by atoms with E-state index in [1.807, 2.05) is 12.3 Å². The highest BCUT2D eigenvalue weighted by atomic mass is 32.1. The molecule has 3 heterocycles. The van der Waals surface area contributed by atoms with Gasteiger partial charge in [-0.1, -0.05) is 24.6 Å². The number of thiophene rings is 1. The molecule has 5 nitrogen and oxygen atoms in total. The summed E-state index contributed by atoms with van der Waals surface area (Å²) in [4.78, 5) is 20.6. The number of nitrogens with one attached hydrogen (secondary N) is 2. The first-order valence-electron chi connectivity index (χ1n) is 10.7. The molecule has 0 spiro atoms. The number of benzene rings is 2. The van der Waals surface area contributed by atoms with Gasteiger partial charge in [0.05, 0.1) is 6.54 Å². The Bertz CT molecular complexity index is 1060. The van der Waals surface area contributed by atoms with Gasteiger partial charge < -0.3 is 15.5 Å². The Morgan fingerprint density at radius 1 is 1.10 bits per heavy atom. The van der Waals surface area contributed by atoms with E-state index in [0.717, 1.165) is 36.4 Å². The quantitative estimate of drug-likeness (QED) is 0.605. The van der Waals surface area contributed by atoms with Crippen LogP contribution in [0.15, 0.2) is 47.5 Å². The molecule has 0 bridgehead atoms. The minimum Gasteiger partial charge on any atom is -0.337 e. The van der Waals surface area contributed by atoms with Crippen molar-refractivity contribution in [3.63, 3.8) is 0 Å². The van der Waals surface area contributed by atoms with Gasteiger partial charge in [-0.25, -0.2) is 4.79 Å². The van der Waals surface area contributed by atoms with Crippen molar-refractivity contribution in [1.82, 2.24) is 10.2 Å². The van der Waals surface area contributed by atoms with Crippen molar-refractivity contribution in [2.45, 2.75) is 25.8 Å². The zero-order valence-electron chi connectivity index (χ0n) is 17.0. The van der Waals surface area contributed by atoms with Crippen molar-refractivity contribution in [3.8, 4) is 10.4 Å². The number of fused-ring (bicyclic) bond motifs is 2. The number of nitrogens with zero attached hydrogens (tertiary/aromatic N) is 2. The second-order valence-corrected chi connectivity index (χ2v) is 9.08. The lowest BCUT2D eigenvalue weighted by molar-refractivity contribution is 0.224. The fraction of sp³-hybridized carbons (Fsp3) is 0.333. The molecule has 0 aliphatic carbocycles. The topological polar surface area (TPSA) is 56.7 Å². The van der Waals surface area contributed by atoms with Gasteiger partial charge in [0.1, 0.15) is 0 Å². The Labute approximate surface area is 180 Å². The van der Waals surface area contributed by atoms with Gasteiger partial charge in [0.15, 0.2) is 0 Å². The number of hydrogen-bond donors (Lipinski definition) is 2. The van der Waals surface area contributed by atoms with Gasteiger partial charge >= 0.3 is 6.03 Å². The molecule has 5 rings (SSSR count). The maximum absolute atomic E-state index is 12.5. The van der Waals surface area contributed by atoms with Crippen molar-refractivity contribution < 1.29 is 4.79 Å². The summed E-state index contributed by atoms with van der Waals surface area (Å²) in [6, 6.07) is 14.6. The molecule has 1 saturated heterocycles. The third-order valence-corrected chi connectivity index (χ3v) is 7.02. The van der Waals surface area contributed by atoms with E-state index in [-0.39, 0.29) is 6.03 Å². The first-order valence-corrected chi connectivity index (χ1v) is 11.5. The summed E-state index contributed by atoms with van der Waals surface area (Å²) in [6.07, 6.45) is 5.77. The predicted octanol–water partition coefficient (Wildman–Crippen LogP) is 5.11. The van der Waals surface area contributed by atoms with Crippen molar-refractivity contribution in [2.75, 3.05) is 31.5 Å². The predicted molar refractivity (Wildman–Crippen MR) is 126 cm³/mol. The molecule has 1 aromatic heterocycles. The van der Waals surface area contributed by atoms with E-state index in [4.69, 9.17) is 0 Å². The minimum absolute atomic E-state index is 0.149. The van der Waals surface area contributed by atoms with Crippen LogP contribution in [0.2, 0.25) is 0 Å². The Kier molecular flexibility index (Phi) is 5.51. The van der Waals surface area contributed by atoms with Crippen LogP contribution >= 0.6 is 11.3 Å². The van der Waals surface area contributed by atoms with E-state index in [1.165, 1.54) is 39.8 Å². The lowest BCUT2D eigenvalue weighted by Gasteiger charge is -2.26. The number of hydrogen-bond acceptors (Lipinski definition) is 4. The zero-order valence-corrected chi connectivity index (χ0v) is 17.8. The van der Waals surface area contributed by atoms with Crippen molar-refractivity contribution in [2.24, 2.45) is 4.99 Å². The zero-order chi connectivity index (χ0) is 20.3. The van der Waals surface area contributed by atoms with E-state index < -0.39 is 0 Å². The number of carbonyl (C=O) groups is 1. The lowest BCUT2D eigenvalue weighted by Crippen LogP contribution is -2.39. The molecule has 6 heteroatoms. The molecule has 1 fully saturated rings. The van der Waals surface area contributed by atoms with Crippen LogP contribution in [0.4, 0.5) is 10.5 Å². The second kappa shape index (κ2) is 8.58. The number of carbonyl (C=O) groups excluding carboxylic acids is 1. The fourth-order valence-corrected chi connectivity index (χ4v) is 5.42. The lowest BCUT2D eigenvalue weighted by atomic mass is 10.0. The highest BCUT2D eigenvalue weighted by Gasteiger charge is 2.17. The summed E-state index contributed by atoms with van der Waals surface area (Å²) in [6.45, 7) is 4.57. The monoisotopic (exact) mass is 418 g/mol. The SMILES string of the molecule is O=C(NCCN1CCCCC1)Nc1cc2c(c(-c3cc4ccccc4s3)c1)CN=C2. The summed E-state index contributed by atoms with van der Waals surface area (Å²) in [7, 11) is 0. The van der Waals surface area contributed by atoms with Crippen LogP contribution in [-0.2, 0) is 6.54 Å². The number of amides is 2. The molecule has 3 aromatic rings. The molecule has 0 saturated carbocycles. The number of anilines is 1. The summed E-state index contributed by atoms with van der Waals surface area (Å²) >= 11 is 1.78. The molecule has 30 heavy (non-hydrogen) atoms. The third kappa shape index (κ3) is 4.11. The first kappa shape index (κ1) is 19.3. The number of piperidine rings is 1. The van der Waals surface area contributed by atoms with E-state index in [0.29, 0.717) is 13.1 Å².